The molecule has 2 N–H and O–H groups in total. The second-order valence-electron chi connectivity index (χ2n) is 4.75. The Balaban J connectivity index is 2.96. The molecule has 1 aromatic rings. The summed E-state index contributed by atoms with van der Waals surface area (Å²) in [4.78, 5) is 23.0. The molecular weight excluding hydrogens is 287 g/mol. The first-order valence-electron chi connectivity index (χ1n) is 6.37. The number of amides is 1. The zero-order valence-electron chi connectivity index (χ0n) is 11.6. The normalized spacial score (nSPS) is 14.3. The van der Waals surface area contributed by atoms with E-state index in [1.54, 1.807) is 13.8 Å². The van der Waals surface area contributed by atoms with Crippen molar-refractivity contribution in [2.45, 2.75) is 32.5 Å². The highest BCUT2D eigenvalue weighted by Gasteiger charge is 2.31. The largest absolute Gasteiger partial charge is 0.480 e. The molecule has 0 aliphatic carbocycles. The molecule has 7 heteroatoms. The second-order valence-corrected chi connectivity index (χ2v) is 4.75. The van der Waals surface area contributed by atoms with Gasteiger partial charge in [-0.3, -0.25) is 4.79 Å². The van der Waals surface area contributed by atoms with Crippen LogP contribution >= 0.6 is 0 Å². The molecule has 1 amide bonds. The molecular formula is C14H16F3NO3. The molecule has 0 saturated carbocycles. The van der Waals surface area contributed by atoms with E-state index in [1.165, 1.54) is 6.07 Å². The van der Waals surface area contributed by atoms with Crippen LogP contribution in [0.2, 0.25) is 0 Å². The first kappa shape index (κ1) is 17.0. The van der Waals surface area contributed by atoms with Crippen LogP contribution in [0.5, 0.6) is 0 Å². The molecule has 0 heterocycles. The predicted molar refractivity (Wildman–Crippen MR) is 69.8 cm³/mol. The van der Waals surface area contributed by atoms with Crippen molar-refractivity contribution in [1.29, 1.82) is 0 Å². The van der Waals surface area contributed by atoms with Crippen molar-refractivity contribution in [3.8, 4) is 0 Å². The van der Waals surface area contributed by atoms with Crippen molar-refractivity contribution < 1.29 is 27.9 Å². The molecule has 1 rings (SSSR count). The van der Waals surface area contributed by atoms with Crippen LogP contribution in [0.15, 0.2) is 24.3 Å². The number of halogens is 3. The van der Waals surface area contributed by atoms with Gasteiger partial charge in [0.15, 0.2) is 0 Å². The fourth-order valence-corrected chi connectivity index (χ4v) is 1.74. The molecule has 0 aliphatic heterocycles. The third-order valence-corrected chi connectivity index (χ3v) is 3.22. The van der Waals surface area contributed by atoms with Gasteiger partial charge in [-0.15, -0.1) is 0 Å². The van der Waals surface area contributed by atoms with E-state index in [9.17, 15) is 22.8 Å². The van der Waals surface area contributed by atoms with Crippen LogP contribution in [0.3, 0.4) is 0 Å². The Kier molecular flexibility index (Phi) is 5.34. The standard InChI is InChI=1S/C14H16F3NO3/c1-3-8(2)11(13(20)21)18-12(19)9-5-4-6-10(7-9)14(15,16)17/h4-8,11H,3H2,1-2H3,(H,18,19)(H,20,21)/t8-,11-/m1/s1. The summed E-state index contributed by atoms with van der Waals surface area (Å²) < 4.78 is 37.7. The van der Waals surface area contributed by atoms with E-state index < -0.39 is 29.7 Å². The summed E-state index contributed by atoms with van der Waals surface area (Å²) in [5.41, 5.74) is -1.18. The van der Waals surface area contributed by atoms with E-state index >= 15 is 0 Å². The zero-order chi connectivity index (χ0) is 16.2. The van der Waals surface area contributed by atoms with Crippen molar-refractivity contribution in [2.75, 3.05) is 0 Å². The van der Waals surface area contributed by atoms with Crippen molar-refractivity contribution in [3.05, 3.63) is 35.4 Å². The number of nitrogens with one attached hydrogen (secondary N) is 1. The van der Waals surface area contributed by atoms with Gasteiger partial charge >= 0.3 is 12.1 Å². The molecule has 1 aromatic carbocycles. The van der Waals surface area contributed by atoms with Crippen LogP contribution in [0, 0.1) is 5.92 Å². The van der Waals surface area contributed by atoms with E-state index in [-0.39, 0.29) is 11.5 Å². The van der Waals surface area contributed by atoms with Crippen molar-refractivity contribution in [2.24, 2.45) is 5.92 Å². The Bertz CT molecular complexity index is 528. The molecule has 0 spiro atoms. The van der Waals surface area contributed by atoms with Gasteiger partial charge in [0.1, 0.15) is 6.04 Å². The van der Waals surface area contributed by atoms with Gasteiger partial charge in [0, 0.05) is 5.56 Å². The Morgan fingerprint density at radius 3 is 2.43 bits per heavy atom. The minimum absolute atomic E-state index is 0.223. The van der Waals surface area contributed by atoms with Gasteiger partial charge in [-0.25, -0.2) is 4.79 Å². The lowest BCUT2D eigenvalue weighted by Gasteiger charge is -2.20. The summed E-state index contributed by atoms with van der Waals surface area (Å²) in [5.74, 6) is -2.39. The Labute approximate surface area is 120 Å². The van der Waals surface area contributed by atoms with Crippen LogP contribution in [0.4, 0.5) is 13.2 Å². The van der Waals surface area contributed by atoms with Crippen LogP contribution in [-0.4, -0.2) is 23.0 Å². The zero-order valence-corrected chi connectivity index (χ0v) is 11.6. The molecule has 0 saturated heterocycles. The number of rotatable bonds is 5. The molecule has 0 aromatic heterocycles. The number of alkyl halides is 3. The predicted octanol–water partition coefficient (Wildman–Crippen LogP) is 2.93. The number of carboxylic acid groups (broad SMARTS) is 1. The summed E-state index contributed by atoms with van der Waals surface area (Å²) in [6.07, 6.45) is -4.04. The highest BCUT2D eigenvalue weighted by Crippen LogP contribution is 2.29. The lowest BCUT2D eigenvalue weighted by atomic mass is 9.98. The van der Waals surface area contributed by atoms with Gasteiger partial charge in [-0.05, 0) is 24.1 Å². The smallest absolute Gasteiger partial charge is 0.416 e. The molecule has 116 valence electrons. The summed E-state index contributed by atoms with van der Waals surface area (Å²) in [6, 6.07) is 2.72. The van der Waals surface area contributed by atoms with Crippen LogP contribution < -0.4 is 5.32 Å². The van der Waals surface area contributed by atoms with Gasteiger partial charge in [0.05, 0.1) is 5.56 Å². The van der Waals surface area contributed by atoms with Crippen molar-refractivity contribution in [3.63, 3.8) is 0 Å². The average molecular weight is 303 g/mol. The number of carbonyl (C=O) groups excluding carboxylic acids is 1. The monoisotopic (exact) mass is 303 g/mol. The molecule has 4 nitrogen and oxygen atoms in total. The topological polar surface area (TPSA) is 66.4 Å². The Morgan fingerprint density at radius 1 is 1.33 bits per heavy atom. The van der Waals surface area contributed by atoms with Gasteiger partial charge in [0.2, 0.25) is 0 Å². The van der Waals surface area contributed by atoms with Gasteiger partial charge in [0.25, 0.3) is 5.91 Å². The third-order valence-electron chi connectivity index (χ3n) is 3.22. The number of hydrogen-bond acceptors (Lipinski definition) is 2. The van der Waals surface area contributed by atoms with E-state index in [0.29, 0.717) is 12.5 Å². The van der Waals surface area contributed by atoms with E-state index in [0.717, 1.165) is 12.1 Å². The number of carbonyl (C=O) groups is 2. The minimum Gasteiger partial charge on any atom is -0.480 e. The fraction of sp³-hybridized carbons (Fsp3) is 0.429. The highest BCUT2D eigenvalue weighted by molar-refractivity contribution is 5.96. The maximum absolute atomic E-state index is 12.6. The lowest BCUT2D eigenvalue weighted by Crippen LogP contribution is -2.45. The Hall–Kier alpha value is -2.05. The first-order chi connectivity index (χ1) is 9.66. The first-order valence-corrected chi connectivity index (χ1v) is 6.37. The van der Waals surface area contributed by atoms with E-state index in [1.807, 2.05) is 0 Å². The number of carboxylic acids is 1. The van der Waals surface area contributed by atoms with Crippen LogP contribution in [0.1, 0.15) is 36.2 Å². The fourth-order valence-electron chi connectivity index (χ4n) is 1.74. The minimum atomic E-state index is -4.56. The summed E-state index contributed by atoms with van der Waals surface area (Å²) in [6.45, 7) is 3.41. The molecule has 0 bridgehead atoms. The maximum atomic E-state index is 12.6. The molecule has 0 aliphatic rings. The third kappa shape index (κ3) is 4.47. The maximum Gasteiger partial charge on any atom is 0.416 e. The van der Waals surface area contributed by atoms with Crippen molar-refractivity contribution >= 4 is 11.9 Å². The lowest BCUT2D eigenvalue weighted by molar-refractivity contribution is -0.140. The summed E-state index contributed by atoms with van der Waals surface area (Å²) >= 11 is 0. The van der Waals surface area contributed by atoms with Crippen molar-refractivity contribution in [1.82, 2.24) is 5.32 Å². The Morgan fingerprint density at radius 2 is 1.95 bits per heavy atom. The second kappa shape index (κ2) is 6.60. The number of benzene rings is 1. The highest BCUT2D eigenvalue weighted by atomic mass is 19.4. The van der Waals surface area contributed by atoms with Gasteiger partial charge in [-0.2, -0.15) is 13.2 Å². The number of aliphatic carboxylic acids is 1. The number of hydrogen-bond donors (Lipinski definition) is 2. The molecule has 2 atom stereocenters. The quantitative estimate of drug-likeness (QED) is 0.879. The molecule has 0 radical (unpaired) electrons. The molecule has 0 fully saturated rings. The van der Waals surface area contributed by atoms with E-state index in [2.05, 4.69) is 5.32 Å². The van der Waals surface area contributed by atoms with Crippen LogP contribution in [0.25, 0.3) is 0 Å². The SMILES string of the molecule is CC[C@@H](C)[C@@H](NC(=O)c1cccc(C(F)(F)F)c1)C(=O)O. The van der Waals surface area contributed by atoms with Crippen LogP contribution in [-0.2, 0) is 11.0 Å². The summed E-state index contributed by atoms with van der Waals surface area (Å²) in [7, 11) is 0. The summed E-state index contributed by atoms with van der Waals surface area (Å²) in [5, 5.41) is 11.3. The van der Waals surface area contributed by atoms with Gasteiger partial charge < -0.3 is 10.4 Å². The molecule has 0 unspecified atom stereocenters. The van der Waals surface area contributed by atoms with Gasteiger partial charge in [-0.1, -0.05) is 26.3 Å². The average Bonchev–Trinajstić information content (AvgIpc) is 2.42. The molecule has 21 heavy (non-hydrogen) atoms. The van der Waals surface area contributed by atoms with E-state index in [4.69, 9.17) is 5.11 Å².